The number of fused-ring (bicyclic) bond motifs is 3. The van der Waals surface area contributed by atoms with E-state index in [0.717, 1.165) is 30.6 Å². The van der Waals surface area contributed by atoms with Crippen LogP contribution in [0.25, 0.3) is 0 Å². The Hall–Kier alpha value is -1.51. The van der Waals surface area contributed by atoms with Gasteiger partial charge in [0.15, 0.2) is 17.6 Å². The zero-order valence-corrected chi connectivity index (χ0v) is 11.1. The quantitative estimate of drug-likeness (QED) is 0.804. The Morgan fingerprint density at radius 1 is 1.33 bits per heavy atom. The number of benzene rings is 1. The molecule has 0 N–H and O–H groups in total. The Labute approximate surface area is 107 Å². The van der Waals surface area contributed by atoms with Crippen molar-refractivity contribution in [1.82, 2.24) is 0 Å². The van der Waals surface area contributed by atoms with Gasteiger partial charge in [-0.3, -0.25) is 4.79 Å². The van der Waals surface area contributed by atoms with E-state index < -0.39 is 0 Å². The molecule has 0 bridgehead atoms. The van der Waals surface area contributed by atoms with Gasteiger partial charge in [0.05, 0.1) is 5.56 Å². The average Bonchev–Trinajstić information content (AvgIpc) is 2.77. The van der Waals surface area contributed by atoms with E-state index in [1.807, 2.05) is 12.1 Å². The summed E-state index contributed by atoms with van der Waals surface area (Å²) in [5.74, 6) is 1.55. The first-order valence-electron chi connectivity index (χ1n) is 6.57. The van der Waals surface area contributed by atoms with E-state index in [1.54, 1.807) is 0 Å². The molecule has 0 aliphatic carbocycles. The monoisotopic (exact) mass is 246 g/mol. The van der Waals surface area contributed by atoms with Crippen LogP contribution < -0.4 is 9.47 Å². The third-order valence-electron chi connectivity index (χ3n) is 3.56. The maximum absolute atomic E-state index is 12.2. The highest BCUT2D eigenvalue weighted by Crippen LogP contribution is 2.47. The lowest BCUT2D eigenvalue weighted by atomic mass is 9.99. The minimum atomic E-state index is -0.316. The third kappa shape index (κ3) is 1.61. The standard InChI is InChI=1S/C15H18O3/c1-4-5-11-12(16)10-7-6-9-8-15(2,3)18-13(9)14(10)17-11/h6-7,11H,4-5,8H2,1-3H3. The fourth-order valence-corrected chi connectivity index (χ4v) is 2.76. The molecule has 3 rings (SSSR count). The Kier molecular flexibility index (Phi) is 2.40. The molecular weight excluding hydrogens is 228 g/mol. The van der Waals surface area contributed by atoms with Crippen LogP contribution in [0.5, 0.6) is 11.5 Å². The summed E-state index contributed by atoms with van der Waals surface area (Å²) in [5, 5.41) is 0. The van der Waals surface area contributed by atoms with Gasteiger partial charge in [0.1, 0.15) is 5.60 Å². The maximum atomic E-state index is 12.2. The smallest absolute Gasteiger partial charge is 0.207 e. The molecule has 0 amide bonds. The van der Waals surface area contributed by atoms with Crippen molar-refractivity contribution in [3.63, 3.8) is 0 Å². The molecule has 1 aromatic rings. The van der Waals surface area contributed by atoms with Crippen molar-refractivity contribution in [2.75, 3.05) is 0 Å². The molecule has 0 radical (unpaired) electrons. The summed E-state index contributed by atoms with van der Waals surface area (Å²) < 4.78 is 11.8. The number of ketones is 1. The van der Waals surface area contributed by atoms with Crippen LogP contribution in [0.2, 0.25) is 0 Å². The largest absolute Gasteiger partial charge is 0.483 e. The van der Waals surface area contributed by atoms with Crippen LogP contribution in [0.15, 0.2) is 12.1 Å². The van der Waals surface area contributed by atoms with Gasteiger partial charge in [-0.1, -0.05) is 19.4 Å². The predicted octanol–water partition coefficient (Wildman–Crippen LogP) is 3.14. The molecule has 0 spiro atoms. The molecular formula is C15H18O3. The first-order valence-corrected chi connectivity index (χ1v) is 6.57. The first-order chi connectivity index (χ1) is 8.52. The summed E-state index contributed by atoms with van der Waals surface area (Å²) in [6.07, 6.45) is 2.26. The van der Waals surface area contributed by atoms with E-state index in [9.17, 15) is 4.79 Å². The van der Waals surface area contributed by atoms with Gasteiger partial charge < -0.3 is 9.47 Å². The van der Waals surface area contributed by atoms with Crippen LogP contribution in [0, 0.1) is 0 Å². The van der Waals surface area contributed by atoms with Crippen LogP contribution in [0.3, 0.4) is 0 Å². The van der Waals surface area contributed by atoms with Crippen molar-refractivity contribution in [1.29, 1.82) is 0 Å². The molecule has 18 heavy (non-hydrogen) atoms. The van der Waals surface area contributed by atoms with E-state index in [0.29, 0.717) is 11.3 Å². The van der Waals surface area contributed by atoms with E-state index in [2.05, 4.69) is 20.8 Å². The van der Waals surface area contributed by atoms with E-state index >= 15 is 0 Å². The lowest BCUT2D eigenvalue weighted by Gasteiger charge is -2.18. The molecule has 1 atom stereocenters. The summed E-state index contributed by atoms with van der Waals surface area (Å²) in [6, 6.07) is 3.88. The first kappa shape index (κ1) is 11.6. The maximum Gasteiger partial charge on any atom is 0.207 e. The number of hydrogen-bond donors (Lipinski definition) is 0. The summed E-state index contributed by atoms with van der Waals surface area (Å²) in [4.78, 5) is 12.2. The Morgan fingerprint density at radius 3 is 2.83 bits per heavy atom. The molecule has 0 saturated carbocycles. The molecule has 3 heteroatoms. The number of ether oxygens (including phenoxy) is 2. The molecule has 2 aliphatic heterocycles. The van der Waals surface area contributed by atoms with Gasteiger partial charge in [-0.05, 0) is 26.3 Å². The Bertz CT molecular complexity index is 517. The molecule has 2 aliphatic rings. The Balaban J connectivity index is 2.01. The fourth-order valence-electron chi connectivity index (χ4n) is 2.76. The summed E-state index contributed by atoms with van der Waals surface area (Å²) >= 11 is 0. The van der Waals surface area contributed by atoms with Gasteiger partial charge in [-0.2, -0.15) is 0 Å². The molecule has 0 aromatic heterocycles. The van der Waals surface area contributed by atoms with Crippen molar-refractivity contribution in [2.24, 2.45) is 0 Å². The van der Waals surface area contributed by atoms with Crippen molar-refractivity contribution in [3.8, 4) is 11.5 Å². The van der Waals surface area contributed by atoms with Crippen LogP contribution in [0.4, 0.5) is 0 Å². The Morgan fingerprint density at radius 2 is 2.11 bits per heavy atom. The second-order valence-corrected chi connectivity index (χ2v) is 5.73. The number of hydrogen-bond acceptors (Lipinski definition) is 3. The average molecular weight is 246 g/mol. The van der Waals surface area contributed by atoms with Crippen LogP contribution in [-0.4, -0.2) is 17.5 Å². The lowest BCUT2D eigenvalue weighted by Crippen LogP contribution is -2.25. The van der Waals surface area contributed by atoms with Crippen LogP contribution >= 0.6 is 0 Å². The van der Waals surface area contributed by atoms with Crippen molar-refractivity contribution >= 4 is 5.78 Å². The van der Waals surface area contributed by atoms with Crippen molar-refractivity contribution < 1.29 is 14.3 Å². The minimum Gasteiger partial charge on any atom is -0.483 e. The summed E-state index contributed by atoms with van der Waals surface area (Å²) in [6.45, 7) is 6.17. The molecule has 3 nitrogen and oxygen atoms in total. The van der Waals surface area contributed by atoms with Crippen LogP contribution in [-0.2, 0) is 6.42 Å². The molecule has 2 heterocycles. The normalized spacial score (nSPS) is 23.3. The molecule has 0 fully saturated rings. The zero-order chi connectivity index (χ0) is 12.9. The fraction of sp³-hybridized carbons (Fsp3) is 0.533. The highest BCUT2D eigenvalue weighted by molar-refractivity contribution is 6.05. The van der Waals surface area contributed by atoms with E-state index in [4.69, 9.17) is 9.47 Å². The van der Waals surface area contributed by atoms with E-state index in [1.165, 1.54) is 0 Å². The van der Waals surface area contributed by atoms with Gasteiger partial charge in [0.2, 0.25) is 5.78 Å². The number of carbonyl (C=O) groups is 1. The minimum absolute atomic E-state index is 0.1000. The van der Waals surface area contributed by atoms with E-state index in [-0.39, 0.29) is 17.5 Å². The van der Waals surface area contributed by atoms with Gasteiger partial charge in [0.25, 0.3) is 0 Å². The van der Waals surface area contributed by atoms with Gasteiger partial charge in [-0.25, -0.2) is 0 Å². The van der Waals surface area contributed by atoms with Gasteiger partial charge >= 0.3 is 0 Å². The SMILES string of the molecule is CCCC1Oc2c(ccc3c2OC(C)(C)C3)C1=O. The lowest BCUT2D eigenvalue weighted by molar-refractivity contribution is 0.0836. The molecule has 1 aromatic carbocycles. The number of Topliss-reactive ketones (excluding diaryl/α,β-unsaturated/α-hetero) is 1. The summed E-state index contributed by atoms with van der Waals surface area (Å²) in [7, 11) is 0. The molecule has 1 unspecified atom stereocenters. The highest BCUT2D eigenvalue weighted by Gasteiger charge is 2.40. The second kappa shape index (κ2) is 3.74. The highest BCUT2D eigenvalue weighted by atomic mass is 16.5. The molecule has 0 saturated heterocycles. The van der Waals surface area contributed by atoms with Crippen molar-refractivity contribution in [3.05, 3.63) is 23.3 Å². The predicted molar refractivity (Wildman–Crippen MR) is 68.5 cm³/mol. The summed E-state index contributed by atoms with van der Waals surface area (Å²) in [5.41, 5.74) is 1.63. The third-order valence-corrected chi connectivity index (χ3v) is 3.56. The topological polar surface area (TPSA) is 35.5 Å². The van der Waals surface area contributed by atoms with Crippen molar-refractivity contribution in [2.45, 2.75) is 51.7 Å². The second-order valence-electron chi connectivity index (χ2n) is 5.73. The van der Waals surface area contributed by atoms with Gasteiger partial charge in [0, 0.05) is 12.0 Å². The van der Waals surface area contributed by atoms with Gasteiger partial charge in [-0.15, -0.1) is 0 Å². The number of rotatable bonds is 2. The molecule has 96 valence electrons. The van der Waals surface area contributed by atoms with Crippen LogP contribution in [0.1, 0.15) is 49.5 Å². The zero-order valence-electron chi connectivity index (χ0n) is 11.1. The number of carbonyl (C=O) groups excluding carboxylic acids is 1.